The Balaban J connectivity index is 2.26. The third-order valence-corrected chi connectivity index (χ3v) is 4.06. The molecule has 0 atom stereocenters. The van der Waals surface area contributed by atoms with Crippen LogP contribution < -0.4 is 5.73 Å². The van der Waals surface area contributed by atoms with Gasteiger partial charge >= 0.3 is 0 Å². The van der Waals surface area contributed by atoms with E-state index in [-0.39, 0.29) is 0 Å². The Bertz CT molecular complexity index is 777. The lowest BCUT2D eigenvalue weighted by Gasteiger charge is -2.05. The van der Waals surface area contributed by atoms with E-state index in [0.717, 1.165) is 31.5 Å². The van der Waals surface area contributed by atoms with Crippen molar-refractivity contribution in [1.29, 1.82) is 0 Å². The number of nitrogens with two attached hydrogens (primary N) is 1. The van der Waals surface area contributed by atoms with Crippen molar-refractivity contribution in [2.45, 2.75) is 0 Å². The van der Waals surface area contributed by atoms with Crippen LogP contribution in [-0.4, -0.2) is 14.8 Å². The van der Waals surface area contributed by atoms with Crippen molar-refractivity contribution in [3.8, 4) is 22.5 Å². The lowest BCUT2D eigenvalue weighted by atomic mass is 10.0. The topological polar surface area (TPSA) is 56.7 Å². The molecule has 3 rings (SSSR count). The quantitative estimate of drug-likeness (QED) is 0.690. The maximum Gasteiger partial charge on any atom is 0.131 e. The number of pyridine rings is 1. The van der Waals surface area contributed by atoms with Gasteiger partial charge in [-0.15, -0.1) is 0 Å². The highest BCUT2D eigenvalue weighted by atomic mass is 79.9. The Morgan fingerprint density at radius 3 is 2.43 bits per heavy atom. The molecule has 0 amide bonds. The first-order chi connectivity index (χ1) is 10.1. The zero-order valence-corrected chi connectivity index (χ0v) is 14.4. The molecule has 2 N–H and O–H groups in total. The van der Waals surface area contributed by atoms with Gasteiger partial charge in [0.25, 0.3) is 0 Å². The molecule has 6 heteroatoms. The molecule has 0 aliphatic heterocycles. The molecule has 106 valence electrons. The van der Waals surface area contributed by atoms with E-state index >= 15 is 0 Å². The maximum absolute atomic E-state index is 6.19. The SMILES string of the molecule is Cn1nc(-c2cc(Br)cc(Br)c2)c(-c2ccccn2)c1N. The first-order valence-electron chi connectivity index (χ1n) is 6.26. The molecule has 0 aliphatic carbocycles. The summed E-state index contributed by atoms with van der Waals surface area (Å²) in [6.45, 7) is 0. The fourth-order valence-corrected chi connectivity index (χ4v) is 3.49. The van der Waals surface area contributed by atoms with Gasteiger partial charge in [0, 0.05) is 27.8 Å². The average Bonchev–Trinajstić information content (AvgIpc) is 2.75. The van der Waals surface area contributed by atoms with Crippen LogP contribution in [0.3, 0.4) is 0 Å². The second kappa shape index (κ2) is 5.61. The molecule has 0 bridgehead atoms. The maximum atomic E-state index is 6.19. The van der Waals surface area contributed by atoms with Crippen LogP contribution in [0.5, 0.6) is 0 Å². The molecule has 0 saturated carbocycles. The number of aryl methyl sites for hydroxylation is 1. The molecule has 2 aromatic heterocycles. The van der Waals surface area contributed by atoms with E-state index in [0.29, 0.717) is 5.82 Å². The third kappa shape index (κ3) is 2.73. The molecule has 2 heterocycles. The van der Waals surface area contributed by atoms with E-state index in [2.05, 4.69) is 41.9 Å². The van der Waals surface area contributed by atoms with Gasteiger partial charge < -0.3 is 5.73 Å². The smallest absolute Gasteiger partial charge is 0.131 e. The normalized spacial score (nSPS) is 10.8. The fraction of sp³-hybridized carbons (Fsp3) is 0.0667. The van der Waals surface area contributed by atoms with Gasteiger partial charge in [0.15, 0.2) is 0 Å². The van der Waals surface area contributed by atoms with E-state index in [1.807, 2.05) is 43.4 Å². The van der Waals surface area contributed by atoms with Gasteiger partial charge in [-0.3, -0.25) is 9.67 Å². The highest BCUT2D eigenvalue weighted by Gasteiger charge is 2.18. The van der Waals surface area contributed by atoms with Crippen molar-refractivity contribution >= 4 is 37.7 Å². The Hall–Kier alpha value is -1.66. The van der Waals surface area contributed by atoms with Gasteiger partial charge in [-0.25, -0.2) is 0 Å². The van der Waals surface area contributed by atoms with Crippen LogP contribution in [0.4, 0.5) is 5.82 Å². The second-order valence-electron chi connectivity index (χ2n) is 4.61. The van der Waals surface area contributed by atoms with Crippen LogP contribution in [0.25, 0.3) is 22.5 Å². The monoisotopic (exact) mass is 406 g/mol. The Morgan fingerprint density at radius 1 is 1.10 bits per heavy atom. The van der Waals surface area contributed by atoms with Gasteiger partial charge in [0.1, 0.15) is 11.5 Å². The number of hydrogen-bond acceptors (Lipinski definition) is 3. The molecule has 1 aromatic carbocycles. The Kier molecular flexibility index (Phi) is 3.82. The summed E-state index contributed by atoms with van der Waals surface area (Å²) in [6, 6.07) is 11.8. The molecule has 21 heavy (non-hydrogen) atoms. The minimum atomic E-state index is 0.597. The molecule has 3 aromatic rings. The number of nitrogen functional groups attached to an aromatic ring is 1. The molecular weight excluding hydrogens is 396 g/mol. The van der Waals surface area contributed by atoms with Crippen LogP contribution in [0.15, 0.2) is 51.5 Å². The molecule has 4 nitrogen and oxygen atoms in total. The number of benzene rings is 1. The summed E-state index contributed by atoms with van der Waals surface area (Å²) < 4.78 is 3.62. The molecule has 0 unspecified atom stereocenters. The molecular formula is C15H12Br2N4. The molecule has 0 spiro atoms. The average molecular weight is 408 g/mol. The number of anilines is 1. The summed E-state index contributed by atoms with van der Waals surface area (Å²) in [5, 5.41) is 4.55. The first kappa shape index (κ1) is 14.3. The highest BCUT2D eigenvalue weighted by Crippen LogP contribution is 2.36. The number of hydrogen-bond donors (Lipinski definition) is 1. The second-order valence-corrected chi connectivity index (χ2v) is 6.44. The minimum Gasteiger partial charge on any atom is -0.383 e. The molecule has 0 fully saturated rings. The number of rotatable bonds is 2. The van der Waals surface area contributed by atoms with Crippen molar-refractivity contribution in [3.63, 3.8) is 0 Å². The van der Waals surface area contributed by atoms with Crippen LogP contribution >= 0.6 is 31.9 Å². The Morgan fingerprint density at radius 2 is 1.81 bits per heavy atom. The van der Waals surface area contributed by atoms with Gasteiger partial charge in [0.2, 0.25) is 0 Å². The van der Waals surface area contributed by atoms with Gasteiger partial charge in [0.05, 0.1) is 11.3 Å². The number of nitrogens with zero attached hydrogens (tertiary/aromatic N) is 3. The summed E-state index contributed by atoms with van der Waals surface area (Å²) in [5.41, 5.74) is 9.64. The van der Waals surface area contributed by atoms with Gasteiger partial charge in [-0.2, -0.15) is 5.10 Å². The van der Waals surface area contributed by atoms with Crippen molar-refractivity contribution in [3.05, 3.63) is 51.5 Å². The van der Waals surface area contributed by atoms with Gasteiger partial charge in [-0.05, 0) is 30.3 Å². The van der Waals surface area contributed by atoms with E-state index in [1.54, 1.807) is 10.9 Å². The van der Waals surface area contributed by atoms with E-state index in [4.69, 9.17) is 5.73 Å². The van der Waals surface area contributed by atoms with Crippen LogP contribution in [0, 0.1) is 0 Å². The Labute approximate surface area is 139 Å². The third-order valence-electron chi connectivity index (χ3n) is 3.15. The summed E-state index contributed by atoms with van der Waals surface area (Å²) in [7, 11) is 1.83. The minimum absolute atomic E-state index is 0.597. The summed E-state index contributed by atoms with van der Waals surface area (Å²) in [6.07, 6.45) is 1.75. The van der Waals surface area contributed by atoms with E-state index < -0.39 is 0 Å². The van der Waals surface area contributed by atoms with E-state index in [9.17, 15) is 0 Å². The van der Waals surface area contributed by atoms with E-state index in [1.165, 1.54) is 0 Å². The van der Waals surface area contributed by atoms with Crippen molar-refractivity contribution < 1.29 is 0 Å². The number of aromatic nitrogens is 3. The predicted molar refractivity (Wildman–Crippen MR) is 91.7 cm³/mol. The zero-order valence-electron chi connectivity index (χ0n) is 11.2. The van der Waals surface area contributed by atoms with Crippen molar-refractivity contribution in [2.24, 2.45) is 7.05 Å². The van der Waals surface area contributed by atoms with Crippen LogP contribution in [0.1, 0.15) is 0 Å². The van der Waals surface area contributed by atoms with Crippen LogP contribution in [0.2, 0.25) is 0 Å². The highest BCUT2D eigenvalue weighted by molar-refractivity contribution is 9.11. The lowest BCUT2D eigenvalue weighted by molar-refractivity contribution is 0.782. The fourth-order valence-electron chi connectivity index (χ4n) is 2.19. The van der Waals surface area contributed by atoms with Crippen LogP contribution in [-0.2, 0) is 7.05 Å². The standard InChI is InChI=1S/C15H12Br2N4/c1-21-15(18)13(12-4-2-3-5-19-12)14(20-21)9-6-10(16)8-11(17)7-9/h2-8H,18H2,1H3. The first-order valence-corrected chi connectivity index (χ1v) is 7.85. The molecule has 0 radical (unpaired) electrons. The van der Waals surface area contributed by atoms with Gasteiger partial charge in [-0.1, -0.05) is 37.9 Å². The predicted octanol–water partition coefficient (Wildman–Crippen LogP) is 4.26. The molecule has 0 aliphatic rings. The summed E-state index contributed by atoms with van der Waals surface area (Å²) >= 11 is 7.01. The zero-order chi connectivity index (χ0) is 15.0. The summed E-state index contributed by atoms with van der Waals surface area (Å²) in [5.74, 6) is 0.597. The lowest BCUT2D eigenvalue weighted by Crippen LogP contribution is -1.98. The molecule has 0 saturated heterocycles. The largest absolute Gasteiger partial charge is 0.383 e. The summed E-state index contributed by atoms with van der Waals surface area (Å²) in [4.78, 5) is 4.40. The number of halogens is 2. The van der Waals surface area contributed by atoms with Crippen molar-refractivity contribution in [2.75, 3.05) is 5.73 Å². The van der Waals surface area contributed by atoms with Crippen molar-refractivity contribution in [1.82, 2.24) is 14.8 Å².